The molecule has 2 rings (SSSR count). The zero-order valence-corrected chi connectivity index (χ0v) is 12.1. The summed E-state index contributed by atoms with van der Waals surface area (Å²) >= 11 is 5.87. The molecule has 0 bridgehead atoms. The predicted molar refractivity (Wildman–Crippen MR) is 77.8 cm³/mol. The molecule has 106 valence electrons. The van der Waals surface area contributed by atoms with Crippen LogP contribution in [0.2, 0.25) is 5.02 Å². The molecule has 0 saturated heterocycles. The Morgan fingerprint density at radius 1 is 1.25 bits per heavy atom. The smallest absolute Gasteiger partial charge is 0.263 e. The fourth-order valence-corrected chi connectivity index (χ4v) is 3.30. The first-order chi connectivity index (χ1) is 9.31. The van der Waals surface area contributed by atoms with E-state index in [-0.39, 0.29) is 26.9 Å². The lowest BCUT2D eigenvalue weighted by Gasteiger charge is -2.12. The van der Waals surface area contributed by atoms with Gasteiger partial charge in [-0.1, -0.05) is 17.7 Å². The van der Waals surface area contributed by atoms with Gasteiger partial charge in [0.1, 0.15) is 10.7 Å². The summed E-state index contributed by atoms with van der Waals surface area (Å²) in [6.45, 7) is 1.48. The molecular weight excluding hydrogens is 303 g/mol. The van der Waals surface area contributed by atoms with Crippen LogP contribution >= 0.6 is 11.6 Å². The normalized spacial score (nSPS) is 11.3. The van der Waals surface area contributed by atoms with Gasteiger partial charge in [-0.3, -0.25) is 4.72 Å². The van der Waals surface area contributed by atoms with Crippen LogP contribution in [-0.4, -0.2) is 8.42 Å². The second kappa shape index (κ2) is 5.30. The summed E-state index contributed by atoms with van der Waals surface area (Å²) in [5.41, 5.74) is 6.19. The van der Waals surface area contributed by atoms with E-state index < -0.39 is 15.8 Å². The molecular formula is C13H12ClFN2O2S. The molecule has 0 unspecified atom stereocenters. The van der Waals surface area contributed by atoms with Crippen molar-refractivity contribution in [3.63, 3.8) is 0 Å². The summed E-state index contributed by atoms with van der Waals surface area (Å²) in [5, 5.41) is 0.0424. The average Bonchev–Trinajstić information content (AvgIpc) is 2.37. The van der Waals surface area contributed by atoms with E-state index in [0.717, 1.165) is 0 Å². The van der Waals surface area contributed by atoms with Crippen LogP contribution < -0.4 is 10.5 Å². The molecule has 0 aliphatic carbocycles. The van der Waals surface area contributed by atoms with Crippen LogP contribution in [0.4, 0.5) is 15.8 Å². The maximum atomic E-state index is 13.4. The van der Waals surface area contributed by atoms with Gasteiger partial charge in [-0.25, -0.2) is 12.8 Å². The Morgan fingerprint density at radius 3 is 2.65 bits per heavy atom. The van der Waals surface area contributed by atoms with E-state index >= 15 is 0 Å². The number of nitrogens with one attached hydrogen (secondary N) is 1. The highest BCUT2D eigenvalue weighted by Crippen LogP contribution is 2.27. The number of hydrogen-bond donors (Lipinski definition) is 2. The third kappa shape index (κ3) is 2.86. The molecule has 0 aliphatic heterocycles. The van der Waals surface area contributed by atoms with E-state index in [4.69, 9.17) is 17.3 Å². The zero-order chi connectivity index (χ0) is 14.9. The molecule has 0 spiro atoms. The number of anilines is 2. The molecule has 0 amide bonds. The van der Waals surface area contributed by atoms with Gasteiger partial charge in [0.05, 0.1) is 10.7 Å². The Bertz CT molecular complexity index is 763. The Balaban J connectivity index is 2.46. The van der Waals surface area contributed by atoms with E-state index in [9.17, 15) is 12.8 Å². The van der Waals surface area contributed by atoms with Gasteiger partial charge >= 0.3 is 0 Å². The maximum absolute atomic E-state index is 13.4. The molecule has 4 nitrogen and oxygen atoms in total. The number of benzene rings is 2. The van der Waals surface area contributed by atoms with Crippen LogP contribution in [-0.2, 0) is 10.0 Å². The van der Waals surface area contributed by atoms with E-state index in [1.54, 1.807) is 0 Å². The number of rotatable bonds is 3. The van der Waals surface area contributed by atoms with Gasteiger partial charge in [-0.2, -0.15) is 0 Å². The van der Waals surface area contributed by atoms with Crippen molar-refractivity contribution >= 4 is 33.0 Å². The molecule has 7 heteroatoms. The van der Waals surface area contributed by atoms with Gasteiger partial charge in [0.2, 0.25) is 0 Å². The van der Waals surface area contributed by atoms with Crippen LogP contribution in [0.15, 0.2) is 41.3 Å². The van der Waals surface area contributed by atoms with E-state index in [0.29, 0.717) is 0 Å². The number of sulfonamides is 1. The van der Waals surface area contributed by atoms with Gasteiger partial charge in [-0.15, -0.1) is 0 Å². The summed E-state index contributed by atoms with van der Waals surface area (Å²) in [5.74, 6) is -0.496. The van der Waals surface area contributed by atoms with E-state index in [1.807, 2.05) is 0 Å². The number of nitrogens with two attached hydrogens (primary N) is 1. The third-order valence-electron chi connectivity index (χ3n) is 2.76. The first kappa shape index (κ1) is 14.6. The average molecular weight is 315 g/mol. The standard InChI is InChI=1S/C13H12ClFN2O2S/c1-8-11(15)3-2-4-12(8)17-20(18,19)13-7-9(16)5-6-10(13)14/h2-7,17H,16H2,1H3. The Kier molecular flexibility index (Phi) is 3.87. The van der Waals surface area contributed by atoms with Crippen molar-refractivity contribution < 1.29 is 12.8 Å². The highest BCUT2D eigenvalue weighted by Gasteiger charge is 2.19. The maximum Gasteiger partial charge on any atom is 0.263 e. The molecule has 0 fully saturated rings. The minimum Gasteiger partial charge on any atom is -0.399 e. The van der Waals surface area contributed by atoms with Crippen molar-refractivity contribution in [2.45, 2.75) is 11.8 Å². The van der Waals surface area contributed by atoms with Crippen LogP contribution in [0.25, 0.3) is 0 Å². The molecule has 2 aromatic carbocycles. The highest BCUT2D eigenvalue weighted by atomic mass is 35.5. The van der Waals surface area contributed by atoms with Crippen LogP contribution in [0.1, 0.15) is 5.56 Å². The summed E-state index contributed by atoms with van der Waals surface area (Å²) < 4.78 is 40.3. The van der Waals surface area contributed by atoms with Gasteiger partial charge in [-0.05, 0) is 37.3 Å². The molecule has 0 radical (unpaired) electrons. The molecule has 0 aromatic heterocycles. The van der Waals surface area contributed by atoms with Crippen molar-refractivity contribution in [1.29, 1.82) is 0 Å². The van der Waals surface area contributed by atoms with Crippen molar-refractivity contribution in [1.82, 2.24) is 0 Å². The lowest BCUT2D eigenvalue weighted by atomic mass is 10.2. The summed E-state index contributed by atoms with van der Waals surface area (Å²) in [6.07, 6.45) is 0. The van der Waals surface area contributed by atoms with Crippen molar-refractivity contribution in [3.05, 3.63) is 52.8 Å². The van der Waals surface area contributed by atoms with Crippen molar-refractivity contribution in [2.75, 3.05) is 10.5 Å². The number of nitrogen functional groups attached to an aromatic ring is 1. The van der Waals surface area contributed by atoms with Gasteiger partial charge in [0.25, 0.3) is 10.0 Å². The minimum atomic E-state index is -3.93. The summed E-state index contributed by atoms with van der Waals surface area (Å²) in [6, 6.07) is 8.27. The molecule has 20 heavy (non-hydrogen) atoms. The van der Waals surface area contributed by atoms with E-state index in [1.165, 1.54) is 43.3 Å². The largest absolute Gasteiger partial charge is 0.399 e. The summed E-state index contributed by atoms with van der Waals surface area (Å²) in [4.78, 5) is -0.150. The fraction of sp³-hybridized carbons (Fsp3) is 0.0769. The minimum absolute atomic E-state index is 0.0424. The quantitative estimate of drug-likeness (QED) is 0.855. The number of hydrogen-bond acceptors (Lipinski definition) is 3. The van der Waals surface area contributed by atoms with Gasteiger partial charge < -0.3 is 5.73 Å². The molecule has 0 atom stereocenters. The Labute approximate surface area is 121 Å². The zero-order valence-electron chi connectivity index (χ0n) is 10.5. The SMILES string of the molecule is Cc1c(F)cccc1NS(=O)(=O)c1cc(N)ccc1Cl. The monoisotopic (exact) mass is 314 g/mol. The van der Waals surface area contributed by atoms with Gasteiger partial charge in [0, 0.05) is 11.3 Å². The van der Waals surface area contributed by atoms with Crippen LogP contribution in [0.3, 0.4) is 0 Å². The fourth-order valence-electron chi connectivity index (χ4n) is 1.64. The molecule has 0 heterocycles. The van der Waals surface area contributed by atoms with Crippen LogP contribution in [0, 0.1) is 12.7 Å². The molecule has 0 saturated carbocycles. The first-order valence-electron chi connectivity index (χ1n) is 5.64. The number of halogens is 2. The third-order valence-corrected chi connectivity index (χ3v) is 4.60. The first-order valence-corrected chi connectivity index (χ1v) is 7.50. The lowest BCUT2D eigenvalue weighted by molar-refractivity contribution is 0.601. The molecule has 2 aromatic rings. The predicted octanol–water partition coefficient (Wildman–Crippen LogP) is 3.17. The Hall–Kier alpha value is -1.79. The summed E-state index contributed by atoms with van der Waals surface area (Å²) in [7, 11) is -3.93. The molecule has 3 N–H and O–H groups in total. The van der Waals surface area contributed by atoms with Gasteiger partial charge in [0.15, 0.2) is 0 Å². The van der Waals surface area contributed by atoms with E-state index in [2.05, 4.69) is 4.72 Å². The second-order valence-electron chi connectivity index (χ2n) is 4.21. The topological polar surface area (TPSA) is 72.2 Å². The Morgan fingerprint density at radius 2 is 1.95 bits per heavy atom. The van der Waals surface area contributed by atoms with Crippen LogP contribution in [0.5, 0.6) is 0 Å². The highest BCUT2D eigenvalue weighted by molar-refractivity contribution is 7.92. The lowest BCUT2D eigenvalue weighted by Crippen LogP contribution is -2.15. The van der Waals surface area contributed by atoms with Crippen molar-refractivity contribution in [2.24, 2.45) is 0 Å². The second-order valence-corrected chi connectivity index (χ2v) is 6.27. The molecule has 0 aliphatic rings. The van der Waals surface area contributed by atoms with Crippen molar-refractivity contribution in [3.8, 4) is 0 Å².